The van der Waals surface area contributed by atoms with Gasteiger partial charge in [0.25, 0.3) is 5.91 Å². The summed E-state index contributed by atoms with van der Waals surface area (Å²) in [5.41, 5.74) is 0. The molecule has 2 heterocycles. The summed E-state index contributed by atoms with van der Waals surface area (Å²) >= 11 is 1.48. The molecule has 1 N–H and O–H groups in total. The predicted octanol–water partition coefficient (Wildman–Crippen LogP) is 2.66. The maximum absolute atomic E-state index is 12.2. The van der Waals surface area contributed by atoms with Crippen LogP contribution in [0.15, 0.2) is 17.5 Å². The summed E-state index contributed by atoms with van der Waals surface area (Å²) in [5.74, 6) is 0.269. The number of thiophene rings is 1. The molecule has 1 aromatic rings. The number of nitrogens with one attached hydrogen (secondary N) is 1. The van der Waals surface area contributed by atoms with Crippen molar-refractivity contribution in [3.63, 3.8) is 0 Å². The van der Waals surface area contributed by atoms with Crippen LogP contribution in [0.3, 0.4) is 0 Å². The maximum Gasteiger partial charge on any atom is 0.263 e. The van der Waals surface area contributed by atoms with Gasteiger partial charge in [0, 0.05) is 25.6 Å². The standard InChI is InChI=1S/C15H22N2O2S/c1-2-3-6-14(18)16-12-7-9-17(10-8-12)15(19)13-5-4-11-20-13/h4-5,11-12H,2-3,6-10H2,1H3,(H,16,18). The zero-order chi connectivity index (χ0) is 14.4. The Hall–Kier alpha value is -1.36. The summed E-state index contributed by atoms with van der Waals surface area (Å²) in [7, 11) is 0. The highest BCUT2D eigenvalue weighted by Crippen LogP contribution is 2.17. The van der Waals surface area contributed by atoms with Crippen molar-refractivity contribution < 1.29 is 9.59 Å². The maximum atomic E-state index is 12.2. The molecule has 0 spiro atoms. The second-order valence-corrected chi connectivity index (χ2v) is 6.16. The van der Waals surface area contributed by atoms with Crippen molar-refractivity contribution in [1.82, 2.24) is 10.2 Å². The van der Waals surface area contributed by atoms with E-state index in [1.54, 1.807) is 0 Å². The molecule has 1 aliphatic heterocycles. The summed E-state index contributed by atoms with van der Waals surface area (Å²) in [6.45, 7) is 3.55. The Bertz CT molecular complexity index is 437. The Kier molecular flexibility index (Phi) is 5.59. The lowest BCUT2D eigenvalue weighted by atomic mass is 10.0. The molecule has 0 atom stereocenters. The van der Waals surface area contributed by atoms with E-state index in [0.717, 1.165) is 43.6 Å². The monoisotopic (exact) mass is 294 g/mol. The van der Waals surface area contributed by atoms with Crippen molar-refractivity contribution in [3.05, 3.63) is 22.4 Å². The fraction of sp³-hybridized carbons (Fsp3) is 0.600. The topological polar surface area (TPSA) is 49.4 Å². The van der Waals surface area contributed by atoms with E-state index in [0.29, 0.717) is 6.42 Å². The van der Waals surface area contributed by atoms with Gasteiger partial charge in [-0.1, -0.05) is 19.4 Å². The van der Waals surface area contributed by atoms with Gasteiger partial charge in [-0.05, 0) is 30.7 Å². The van der Waals surface area contributed by atoms with Gasteiger partial charge in [0.1, 0.15) is 0 Å². The number of nitrogens with zero attached hydrogens (tertiary/aromatic N) is 1. The van der Waals surface area contributed by atoms with Crippen molar-refractivity contribution in [2.24, 2.45) is 0 Å². The third kappa shape index (κ3) is 4.07. The van der Waals surface area contributed by atoms with E-state index in [1.807, 2.05) is 22.4 Å². The molecule has 1 fully saturated rings. The summed E-state index contributed by atoms with van der Waals surface area (Å²) in [4.78, 5) is 26.6. The second kappa shape index (κ2) is 7.43. The molecule has 0 radical (unpaired) electrons. The Balaban J connectivity index is 1.75. The Labute approximate surface area is 124 Å². The molecular formula is C15H22N2O2S. The van der Waals surface area contributed by atoms with Gasteiger partial charge in [0.2, 0.25) is 5.91 Å². The van der Waals surface area contributed by atoms with Crippen LogP contribution in [0.4, 0.5) is 0 Å². The van der Waals surface area contributed by atoms with Gasteiger partial charge >= 0.3 is 0 Å². The van der Waals surface area contributed by atoms with Gasteiger partial charge < -0.3 is 10.2 Å². The Morgan fingerprint density at radius 1 is 1.40 bits per heavy atom. The number of likely N-dealkylation sites (tertiary alicyclic amines) is 1. The number of piperidine rings is 1. The van der Waals surface area contributed by atoms with E-state index in [1.165, 1.54) is 11.3 Å². The molecule has 110 valence electrons. The van der Waals surface area contributed by atoms with Crippen LogP contribution >= 0.6 is 11.3 Å². The van der Waals surface area contributed by atoms with Gasteiger partial charge in [-0.3, -0.25) is 9.59 Å². The number of hydrogen-bond donors (Lipinski definition) is 1. The van der Waals surface area contributed by atoms with Crippen molar-refractivity contribution in [2.45, 2.75) is 45.1 Å². The van der Waals surface area contributed by atoms with Crippen molar-refractivity contribution in [2.75, 3.05) is 13.1 Å². The summed E-state index contributed by atoms with van der Waals surface area (Å²) < 4.78 is 0. The molecule has 0 unspecified atom stereocenters. The molecule has 0 aromatic carbocycles. The zero-order valence-electron chi connectivity index (χ0n) is 11.9. The number of carbonyl (C=O) groups excluding carboxylic acids is 2. The van der Waals surface area contributed by atoms with E-state index < -0.39 is 0 Å². The summed E-state index contributed by atoms with van der Waals surface area (Å²) in [6.07, 6.45) is 4.32. The first-order valence-electron chi connectivity index (χ1n) is 7.33. The number of hydrogen-bond acceptors (Lipinski definition) is 3. The minimum Gasteiger partial charge on any atom is -0.353 e. The SMILES string of the molecule is CCCCC(=O)NC1CCN(C(=O)c2cccs2)CC1. The second-order valence-electron chi connectivity index (χ2n) is 5.21. The predicted molar refractivity (Wildman–Crippen MR) is 80.9 cm³/mol. The van der Waals surface area contributed by atoms with Crippen LogP contribution in [0.25, 0.3) is 0 Å². The van der Waals surface area contributed by atoms with Crippen molar-refractivity contribution in [3.8, 4) is 0 Å². The average molecular weight is 294 g/mol. The number of carbonyl (C=O) groups is 2. The first kappa shape index (κ1) is 15.0. The van der Waals surface area contributed by atoms with E-state index in [9.17, 15) is 9.59 Å². The molecule has 1 aliphatic rings. The summed E-state index contributed by atoms with van der Waals surface area (Å²) in [5, 5.41) is 5.00. The molecule has 0 bridgehead atoms. The van der Waals surface area contributed by atoms with E-state index >= 15 is 0 Å². The lowest BCUT2D eigenvalue weighted by Crippen LogP contribution is -2.46. The quantitative estimate of drug-likeness (QED) is 0.907. The van der Waals surface area contributed by atoms with Crippen molar-refractivity contribution >= 4 is 23.2 Å². The molecule has 2 amide bonds. The molecule has 2 rings (SSSR count). The largest absolute Gasteiger partial charge is 0.353 e. The highest BCUT2D eigenvalue weighted by Gasteiger charge is 2.24. The van der Waals surface area contributed by atoms with Crippen LogP contribution in [0.2, 0.25) is 0 Å². The first-order chi connectivity index (χ1) is 9.70. The summed E-state index contributed by atoms with van der Waals surface area (Å²) in [6, 6.07) is 4.00. The smallest absolute Gasteiger partial charge is 0.263 e. The molecule has 1 aromatic heterocycles. The third-order valence-corrected chi connectivity index (χ3v) is 4.49. The van der Waals surface area contributed by atoms with E-state index in [4.69, 9.17) is 0 Å². The highest BCUT2D eigenvalue weighted by molar-refractivity contribution is 7.12. The molecule has 0 aliphatic carbocycles. The number of amides is 2. The molecule has 1 saturated heterocycles. The molecule has 5 heteroatoms. The van der Waals surface area contributed by atoms with Crippen molar-refractivity contribution in [1.29, 1.82) is 0 Å². The molecule has 4 nitrogen and oxygen atoms in total. The van der Waals surface area contributed by atoms with Gasteiger partial charge in [0.15, 0.2) is 0 Å². The van der Waals surface area contributed by atoms with Crippen LogP contribution in [-0.4, -0.2) is 35.8 Å². The van der Waals surface area contributed by atoms with Crippen LogP contribution in [0.1, 0.15) is 48.7 Å². The molecule has 0 saturated carbocycles. The van der Waals surface area contributed by atoms with Gasteiger partial charge in [-0.15, -0.1) is 11.3 Å². The van der Waals surface area contributed by atoms with Gasteiger partial charge in [0.05, 0.1) is 4.88 Å². The lowest BCUT2D eigenvalue weighted by Gasteiger charge is -2.32. The number of rotatable bonds is 5. The van der Waals surface area contributed by atoms with Crippen LogP contribution < -0.4 is 5.32 Å². The molecular weight excluding hydrogens is 272 g/mol. The molecule has 20 heavy (non-hydrogen) atoms. The van der Waals surface area contributed by atoms with Gasteiger partial charge in [-0.25, -0.2) is 0 Å². The highest BCUT2D eigenvalue weighted by atomic mass is 32.1. The Morgan fingerprint density at radius 3 is 2.75 bits per heavy atom. The van der Waals surface area contributed by atoms with Gasteiger partial charge in [-0.2, -0.15) is 0 Å². The number of unbranched alkanes of at least 4 members (excludes halogenated alkanes) is 1. The normalized spacial score (nSPS) is 16.1. The fourth-order valence-corrected chi connectivity index (χ4v) is 3.11. The van der Waals surface area contributed by atoms with Crippen LogP contribution in [-0.2, 0) is 4.79 Å². The lowest BCUT2D eigenvalue weighted by molar-refractivity contribution is -0.122. The fourth-order valence-electron chi connectivity index (χ4n) is 2.42. The Morgan fingerprint density at radius 2 is 2.15 bits per heavy atom. The minimum absolute atomic E-state index is 0.121. The average Bonchev–Trinajstić information content (AvgIpc) is 2.99. The third-order valence-electron chi connectivity index (χ3n) is 3.64. The van der Waals surface area contributed by atoms with E-state index in [-0.39, 0.29) is 17.9 Å². The minimum atomic E-state index is 0.121. The first-order valence-corrected chi connectivity index (χ1v) is 8.20. The van der Waals surface area contributed by atoms with Crippen LogP contribution in [0.5, 0.6) is 0 Å². The zero-order valence-corrected chi connectivity index (χ0v) is 12.7. The van der Waals surface area contributed by atoms with Crippen LogP contribution in [0, 0.1) is 0 Å². The van der Waals surface area contributed by atoms with E-state index in [2.05, 4.69) is 12.2 Å².